The van der Waals surface area contributed by atoms with E-state index in [0.29, 0.717) is 32.5 Å². The predicted molar refractivity (Wildman–Crippen MR) is 101 cm³/mol. The number of carbonyl (C=O) groups is 1. The second-order valence-electron chi connectivity index (χ2n) is 6.10. The third-order valence-electron chi connectivity index (χ3n) is 4.00. The first kappa shape index (κ1) is 19.2. The van der Waals surface area contributed by atoms with E-state index in [9.17, 15) is 9.59 Å². The van der Waals surface area contributed by atoms with E-state index in [4.69, 9.17) is 10.5 Å². The number of carbonyl (C=O) groups excluding carboxylic acids is 1. The monoisotopic (exact) mass is 383 g/mol. The van der Waals surface area contributed by atoms with Crippen molar-refractivity contribution in [2.45, 2.75) is 32.9 Å². The first-order valence-electron chi connectivity index (χ1n) is 8.89. The summed E-state index contributed by atoms with van der Waals surface area (Å²) in [5.74, 6) is -0.244. The molecule has 2 aromatic heterocycles. The molecule has 3 aromatic rings. The molecule has 0 amide bonds. The highest BCUT2D eigenvalue weighted by Gasteiger charge is 2.07. The lowest BCUT2D eigenvalue weighted by Gasteiger charge is -2.05. The van der Waals surface area contributed by atoms with E-state index in [2.05, 4.69) is 20.3 Å². The van der Waals surface area contributed by atoms with Crippen molar-refractivity contribution in [1.29, 1.82) is 0 Å². The molecule has 0 unspecified atom stereocenters. The first-order valence-corrected chi connectivity index (χ1v) is 8.89. The topological polar surface area (TPSA) is 131 Å². The van der Waals surface area contributed by atoms with E-state index < -0.39 is 5.69 Å². The molecule has 10 nitrogen and oxygen atoms in total. The smallest absolute Gasteiger partial charge is 0.352 e. The summed E-state index contributed by atoms with van der Waals surface area (Å²) in [5.41, 5.74) is 7.50. The average molecular weight is 383 g/mol. The first-order chi connectivity index (χ1) is 13.5. The number of nitrogens with two attached hydrogens (primary N) is 1. The highest BCUT2D eigenvalue weighted by molar-refractivity contribution is 5.69. The number of esters is 1. The Balaban J connectivity index is 1.60. The highest BCUT2D eigenvalue weighted by Crippen LogP contribution is 2.17. The number of anilines is 1. The molecule has 0 radical (unpaired) electrons. The number of nitrogen functional groups attached to an aromatic ring is 1. The minimum atomic E-state index is -0.442. The summed E-state index contributed by atoms with van der Waals surface area (Å²) in [6, 6.07) is 7.62. The molecule has 28 heavy (non-hydrogen) atoms. The predicted octanol–water partition coefficient (Wildman–Crippen LogP) is 0.871. The van der Waals surface area contributed by atoms with Gasteiger partial charge in [-0.3, -0.25) is 14.0 Å². The summed E-state index contributed by atoms with van der Waals surface area (Å²) < 4.78 is 7.98. The van der Waals surface area contributed by atoms with E-state index in [-0.39, 0.29) is 11.9 Å². The lowest BCUT2D eigenvalue weighted by Crippen LogP contribution is -2.24. The molecular weight excluding hydrogens is 362 g/mol. The number of hydrogen-bond acceptors (Lipinski definition) is 8. The van der Waals surface area contributed by atoms with Crippen LogP contribution in [0.15, 0.2) is 41.6 Å². The molecule has 0 aliphatic rings. The number of aromatic nitrogens is 6. The van der Waals surface area contributed by atoms with Gasteiger partial charge in [0.05, 0.1) is 19.3 Å². The van der Waals surface area contributed by atoms with E-state index in [1.807, 2.05) is 30.5 Å². The van der Waals surface area contributed by atoms with Gasteiger partial charge in [-0.05, 0) is 18.9 Å². The fraction of sp³-hybridized carbons (Fsp3) is 0.333. The van der Waals surface area contributed by atoms with Gasteiger partial charge in [0.25, 0.3) is 0 Å². The van der Waals surface area contributed by atoms with Crippen LogP contribution in [0.4, 0.5) is 5.95 Å². The van der Waals surface area contributed by atoms with Crippen LogP contribution in [0.3, 0.4) is 0 Å². The summed E-state index contributed by atoms with van der Waals surface area (Å²) >= 11 is 0. The Bertz CT molecular complexity index is 995. The standard InChI is InChI=1S/C18H21N7O3/c1-2-28-16(26)4-3-9-25-11-15(22-23-25)14-7-5-13(6-8-14)10-24-12-20-17(19)21-18(24)27/h5-8,11-12H,2-4,9-10H2,1H3,(H2,19,21,27). The minimum absolute atomic E-state index is 0.0399. The Kier molecular flexibility index (Phi) is 6.10. The quantitative estimate of drug-likeness (QED) is 0.567. The van der Waals surface area contributed by atoms with Gasteiger partial charge in [-0.25, -0.2) is 9.78 Å². The van der Waals surface area contributed by atoms with Crippen molar-refractivity contribution in [3.05, 3.63) is 52.8 Å². The van der Waals surface area contributed by atoms with E-state index >= 15 is 0 Å². The molecule has 0 fully saturated rings. The molecule has 146 valence electrons. The second kappa shape index (κ2) is 8.89. The van der Waals surface area contributed by atoms with Crippen molar-refractivity contribution in [3.8, 4) is 11.3 Å². The van der Waals surface area contributed by atoms with Crippen LogP contribution in [-0.4, -0.2) is 42.1 Å². The molecular formula is C18H21N7O3. The molecule has 0 saturated heterocycles. The maximum absolute atomic E-state index is 11.8. The minimum Gasteiger partial charge on any atom is -0.466 e. The van der Waals surface area contributed by atoms with Crippen LogP contribution in [0, 0.1) is 0 Å². The summed E-state index contributed by atoms with van der Waals surface area (Å²) in [6.07, 6.45) is 4.20. The van der Waals surface area contributed by atoms with Crippen LogP contribution in [0.25, 0.3) is 11.3 Å². The van der Waals surface area contributed by atoms with Gasteiger partial charge in [0.2, 0.25) is 5.95 Å². The molecule has 2 N–H and O–H groups in total. The Hall–Kier alpha value is -3.56. The normalized spacial score (nSPS) is 10.8. The molecule has 10 heteroatoms. The van der Waals surface area contributed by atoms with Crippen LogP contribution in [0.2, 0.25) is 0 Å². The zero-order chi connectivity index (χ0) is 19.9. The van der Waals surface area contributed by atoms with Crippen molar-refractivity contribution in [1.82, 2.24) is 29.5 Å². The number of ether oxygens (including phenoxy) is 1. The molecule has 0 bridgehead atoms. The van der Waals surface area contributed by atoms with Crippen LogP contribution in [0.1, 0.15) is 25.3 Å². The van der Waals surface area contributed by atoms with Crippen LogP contribution in [-0.2, 0) is 22.6 Å². The van der Waals surface area contributed by atoms with Crippen LogP contribution >= 0.6 is 0 Å². The summed E-state index contributed by atoms with van der Waals surface area (Å²) in [4.78, 5) is 30.6. The van der Waals surface area contributed by atoms with Crippen molar-refractivity contribution in [2.24, 2.45) is 0 Å². The number of hydrogen-bond donors (Lipinski definition) is 1. The molecule has 0 aliphatic heterocycles. The summed E-state index contributed by atoms with van der Waals surface area (Å²) in [7, 11) is 0. The average Bonchev–Trinajstić information content (AvgIpc) is 3.14. The molecule has 0 saturated carbocycles. The fourth-order valence-electron chi connectivity index (χ4n) is 2.61. The van der Waals surface area contributed by atoms with Crippen molar-refractivity contribution in [3.63, 3.8) is 0 Å². The third-order valence-corrected chi connectivity index (χ3v) is 4.00. The zero-order valence-corrected chi connectivity index (χ0v) is 15.5. The van der Waals surface area contributed by atoms with Gasteiger partial charge >= 0.3 is 11.7 Å². The Morgan fingerprint density at radius 2 is 2.04 bits per heavy atom. The molecule has 1 aromatic carbocycles. The SMILES string of the molecule is CCOC(=O)CCCn1cc(-c2ccc(Cn3cnc(N)nc3=O)cc2)nn1. The summed E-state index contributed by atoms with van der Waals surface area (Å²) in [6.45, 7) is 3.11. The number of aryl methyl sites for hydroxylation is 1. The van der Waals surface area contributed by atoms with Crippen molar-refractivity contribution in [2.75, 3.05) is 12.3 Å². The Morgan fingerprint density at radius 3 is 2.75 bits per heavy atom. The largest absolute Gasteiger partial charge is 0.466 e. The van der Waals surface area contributed by atoms with E-state index in [1.165, 1.54) is 10.9 Å². The van der Waals surface area contributed by atoms with Crippen LogP contribution < -0.4 is 11.4 Å². The Labute approximate surface area is 161 Å². The van der Waals surface area contributed by atoms with Gasteiger partial charge in [0.15, 0.2) is 0 Å². The fourth-order valence-corrected chi connectivity index (χ4v) is 2.61. The maximum Gasteiger partial charge on any atom is 0.352 e. The molecule has 0 aliphatic carbocycles. The number of nitrogens with zero attached hydrogens (tertiary/aromatic N) is 6. The van der Waals surface area contributed by atoms with Gasteiger partial charge in [0, 0.05) is 18.5 Å². The van der Waals surface area contributed by atoms with E-state index in [0.717, 1.165) is 16.8 Å². The van der Waals surface area contributed by atoms with Crippen LogP contribution in [0.5, 0.6) is 0 Å². The highest BCUT2D eigenvalue weighted by atomic mass is 16.5. The maximum atomic E-state index is 11.8. The summed E-state index contributed by atoms with van der Waals surface area (Å²) in [5, 5.41) is 8.25. The molecule has 2 heterocycles. The Morgan fingerprint density at radius 1 is 1.25 bits per heavy atom. The molecule has 0 atom stereocenters. The number of benzene rings is 1. The number of rotatable bonds is 8. The van der Waals surface area contributed by atoms with Gasteiger partial charge < -0.3 is 10.5 Å². The van der Waals surface area contributed by atoms with Gasteiger partial charge in [-0.2, -0.15) is 4.98 Å². The molecule has 3 rings (SSSR count). The van der Waals surface area contributed by atoms with Crippen molar-refractivity contribution < 1.29 is 9.53 Å². The van der Waals surface area contributed by atoms with Gasteiger partial charge in [-0.1, -0.05) is 29.5 Å². The van der Waals surface area contributed by atoms with Crippen molar-refractivity contribution >= 4 is 11.9 Å². The second-order valence-corrected chi connectivity index (χ2v) is 6.10. The van der Waals surface area contributed by atoms with Gasteiger partial charge in [-0.15, -0.1) is 5.10 Å². The lowest BCUT2D eigenvalue weighted by atomic mass is 10.1. The van der Waals surface area contributed by atoms with E-state index in [1.54, 1.807) is 11.6 Å². The zero-order valence-electron chi connectivity index (χ0n) is 15.5. The third kappa shape index (κ3) is 5.00. The van der Waals surface area contributed by atoms with Gasteiger partial charge in [0.1, 0.15) is 12.0 Å². The lowest BCUT2D eigenvalue weighted by molar-refractivity contribution is -0.143. The molecule has 0 spiro atoms.